The van der Waals surface area contributed by atoms with Crippen molar-refractivity contribution in [3.8, 4) is 0 Å². The van der Waals surface area contributed by atoms with Gasteiger partial charge in [0.05, 0.1) is 16.3 Å². The number of nitrogens with zero attached hydrogens (tertiary/aromatic N) is 1. The van der Waals surface area contributed by atoms with E-state index < -0.39 is 18.2 Å². The number of amides is 2. The van der Waals surface area contributed by atoms with Crippen molar-refractivity contribution in [1.82, 2.24) is 5.43 Å². The Balaban J connectivity index is 1.81. The average Bonchev–Trinajstić information content (AvgIpc) is 2.53. The minimum absolute atomic E-state index is 0.294. The van der Waals surface area contributed by atoms with E-state index in [-0.39, 0.29) is 5.82 Å². The molecular formula is C16H12Cl2FN3O2. The van der Waals surface area contributed by atoms with Gasteiger partial charge >= 0.3 is 0 Å². The zero-order valence-electron chi connectivity index (χ0n) is 12.2. The van der Waals surface area contributed by atoms with Crippen LogP contribution < -0.4 is 10.7 Å². The van der Waals surface area contributed by atoms with Crippen molar-refractivity contribution >= 4 is 46.9 Å². The molecule has 0 aliphatic heterocycles. The van der Waals surface area contributed by atoms with Gasteiger partial charge in [0.15, 0.2) is 0 Å². The van der Waals surface area contributed by atoms with Gasteiger partial charge in [-0.05, 0) is 35.9 Å². The van der Waals surface area contributed by atoms with E-state index in [1.54, 1.807) is 6.07 Å². The van der Waals surface area contributed by atoms with Gasteiger partial charge in [-0.3, -0.25) is 9.59 Å². The van der Waals surface area contributed by atoms with Crippen molar-refractivity contribution in [3.63, 3.8) is 0 Å². The fraction of sp³-hybridized carbons (Fsp3) is 0.0625. The normalized spacial score (nSPS) is 10.6. The van der Waals surface area contributed by atoms with E-state index in [9.17, 15) is 14.0 Å². The second kappa shape index (κ2) is 8.42. The van der Waals surface area contributed by atoms with Crippen LogP contribution in [0.5, 0.6) is 0 Å². The Morgan fingerprint density at radius 2 is 1.75 bits per heavy atom. The summed E-state index contributed by atoms with van der Waals surface area (Å²) < 4.78 is 12.7. The molecule has 124 valence electrons. The molecule has 2 aromatic carbocycles. The van der Waals surface area contributed by atoms with Gasteiger partial charge in [-0.15, -0.1) is 0 Å². The number of nitrogens with one attached hydrogen (secondary N) is 2. The van der Waals surface area contributed by atoms with Crippen LogP contribution in [0.25, 0.3) is 0 Å². The first-order valence-electron chi connectivity index (χ1n) is 6.76. The van der Waals surface area contributed by atoms with Gasteiger partial charge in [-0.2, -0.15) is 5.10 Å². The highest BCUT2D eigenvalue weighted by atomic mass is 35.5. The van der Waals surface area contributed by atoms with Crippen LogP contribution in [0.3, 0.4) is 0 Å². The molecule has 0 saturated heterocycles. The Kier molecular flexibility index (Phi) is 6.28. The molecule has 0 unspecified atom stereocenters. The molecule has 2 aromatic rings. The summed E-state index contributed by atoms with van der Waals surface area (Å²) in [6.07, 6.45) is 0.926. The standard InChI is InChI=1S/C16H12Cl2FN3O2/c17-13-6-5-12(7-14(13)18)21-15(23)8-16(24)22-20-9-10-1-3-11(19)4-2-10/h1-7,9H,8H2,(H,21,23)(H,22,24)/b20-9+. The van der Waals surface area contributed by atoms with Crippen molar-refractivity contribution < 1.29 is 14.0 Å². The number of hydrogen-bond acceptors (Lipinski definition) is 3. The lowest BCUT2D eigenvalue weighted by Gasteiger charge is -2.05. The predicted octanol–water partition coefficient (Wildman–Crippen LogP) is 3.61. The summed E-state index contributed by atoms with van der Waals surface area (Å²) >= 11 is 11.6. The lowest BCUT2D eigenvalue weighted by atomic mass is 10.2. The van der Waals surface area contributed by atoms with E-state index in [4.69, 9.17) is 23.2 Å². The highest BCUT2D eigenvalue weighted by molar-refractivity contribution is 6.42. The summed E-state index contributed by atoms with van der Waals surface area (Å²) in [6, 6.07) is 10.1. The summed E-state index contributed by atoms with van der Waals surface area (Å²) in [4.78, 5) is 23.4. The molecule has 0 radical (unpaired) electrons. The minimum atomic E-state index is -0.592. The van der Waals surface area contributed by atoms with E-state index in [0.717, 1.165) is 0 Å². The number of anilines is 1. The molecule has 0 aliphatic rings. The van der Waals surface area contributed by atoms with Gasteiger partial charge in [0.1, 0.15) is 12.2 Å². The van der Waals surface area contributed by atoms with Crippen molar-refractivity contribution in [2.24, 2.45) is 5.10 Å². The Labute approximate surface area is 147 Å². The lowest BCUT2D eigenvalue weighted by Crippen LogP contribution is -2.24. The molecule has 5 nitrogen and oxygen atoms in total. The number of carbonyl (C=O) groups excluding carboxylic acids is 2. The minimum Gasteiger partial charge on any atom is -0.326 e. The summed E-state index contributed by atoms with van der Waals surface area (Å²) in [7, 11) is 0. The molecule has 0 aromatic heterocycles. The molecule has 0 saturated carbocycles. The van der Waals surface area contributed by atoms with Gasteiger partial charge in [0.2, 0.25) is 11.8 Å². The molecule has 24 heavy (non-hydrogen) atoms. The summed E-state index contributed by atoms with van der Waals surface area (Å²) in [5.74, 6) is -1.48. The molecule has 0 spiro atoms. The smallest absolute Gasteiger partial charge is 0.249 e. The third-order valence-electron chi connectivity index (χ3n) is 2.80. The number of benzene rings is 2. The van der Waals surface area contributed by atoms with Crippen LogP contribution in [0, 0.1) is 5.82 Å². The molecule has 2 N–H and O–H groups in total. The van der Waals surface area contributed by atoms with Crippen molar-refractivity contribution in [2.75, 3.05) is 5.32 Å². The van der Waals surface area contributed by atoms with Crippen LogP contribution in [0.1, 0.15) is 12.0 Å². The third-order valence-corrected chi connectivity index (χ3v) is 3.54. The topological polar surface area (TPSA) is 70.6 Å². The largest absolute Gasteiger partial charge is 0.326 e. The van der Waals surface area contributed by atoms with E-state index in [1.807, 2.05) is 0 Å². The number of halogens is 3. The van der Waals surface area contributed by atoms with Crippen LogP contribution in [-0.4, -0.2) is 18.0 Å². The van der Waals surface area contributed by atoms with E-state index in [1.165, 1.54) is 42.6 Å². The Morgan fingerprint density at radius 3 is 2.42 bits per heavy atom. The molecular weight excluding hydrogens is 356 g/mol. The fourth-order valence-corrected chi connectivity index (χ4v) is 1.99. The van der Waals surface area contributed by atoms with E-state index in [0.29, 0.717) is 21.3 Å². The van der Waals surface area contributed by atoms with Crippen LogP contribution in [0.15, 0.2) is 47.6 Å². The molecule has 0 heterocycles. The number of hydrogen-bond donors (Lipinski definition) is 2. The maximum Gasteiger partial charge on any atom is 0.249 e. The maximum absolute atomic E-state index is 12.7. The Morgan fingerprint density at radius 1 is 1.04 bits per heavy atom. The third kappa shape index (κ3) is 5.64. The highest BCUT2D eigenvalue weighted by Crippen LogP contribution is 2.24. The number of rotatable bonds is 5. The first kappa shape index (κ1) is 17.9. The molecule has 0 atom stereocenters. The predicted molar refractivity (Wildman–Crippen MR) is 91.8 cm³/mol. The molecule has 0 fully saturated rings. The number of hydrazone groups is 1. The first-order valence-corrected chi connectivity index (χ1v) is 7.52. The highest BCUT2D eigenvalue weighted by Gasteiger charge is 2.09. The zero-order chi connectivity index (χ0) is 17.5. The van der Waals surface area contributed by atoms with Gasteiger partial charge in [0.25, 0.3) is 0 Å². The monoisotopic (exact) mass is 367 g/mol. The molecule has 8 heteroatoms. The van der Waals surface area contributed by atoms with Crippen LogP contribution in [0.4, 0.5) is 10.1 Å². The lowest BCUT2D eigenvalue weighted by molar-refractivity contribution is -0.126. The van der Waals surface area contributed by atoms with Gasteiger partial charge in [-0.25, -0.2) is 9.82 Å². The summed E-state index contributed by atoms with van der Waals surface area (Å²) in [5.41, 5.74) is 3.25. The quantitative estimate of drug-likeness (QED) is 0.481. The van der Waals surface area contributed by atoms with E-state index in [2.05, 4.69) is 15.8 Å². The summed E-state index contributed by atoms with van der Waals surface area (Å²) in [5, 5.41) is 6.87. The van der Waals surface area contributed by atoms with Crippen LogP contribution >= 0.6 is 23.2 Å². The zero-order valence-corrected chi connectivity index (χ0v) is 13.7. The Hall–Kier alpha value is -2.44. The molecule has 2 rings (SSSR count). The Bertz CT molecular complexity index is 779. The molecule has 0 bridgehead atoms. The first-order chi connectivity index (χ1) is 11.4. The van der Waals surface area contributed by atoms with E-state index >= 15 is 0 Å². The molecule has 0 aliphatic carbocycles. The molecule has 2 amide bonds. The van der Waals surface area contributed by atoms with Gasteiger partial charge in [0, 0.05) is 5.69 Å². The van der Waals surface area contributed by atoms with Gasteiger partial charge < -0.3 is 5.32 Å². The summed E-state index contributed by atoms with van der Waals surface area (Å²) in [6.45, 7) is 0. The number of carbonyl (C=O) groups is 2. The fourth-order valence-electron chi connectivity index (χ4n) is 1.69. The SMILES string of the molecule is O=C(CC(=O)Nc1ccc(Cl)c(Cl)c1)N/N=C/c1ccc(F)cc1. The van der Waals surface area contributed by atoms with Crippen molar-refractivity contribution in [2.45, 2.75) is 6.42 Å². The van der Waals surface area contributed by atoms with Gasteiger partial charge in [-0.1, -0.05) is 35.3 Å². The van der Waals surface area contributed by atoms with Crippen molar-refractivity contribution in [3.05, 3.63) is 63.9 Å². The van der Waals surface area contributed by atoms with Crippen LogP contribution in [0.2, 0.25) is 10.0 Å². The second-order valence-electron chi connectivity index (χ2n) is 4.70. The average molecular weight is 368 g/mol. The van der Waals surface area contributed by atoms with Crippen molar-refractivity contribution in [1.29, 1.82) is 0 Å². The maximum atomic E-state index is 12.7. The second-order valence-corrected chi connectivity index (χ2v) is 5.51. The van der Waals surface area contributed by atoms with Crippen LogP contribution in [-0.2, 0) is 9.59 Å².